The molecule has 3 N–H and O–H groups in total. The van der Waals surface area contributed by atoms with Gasteiger partial charge in [-0.3, -0.25) is 9.59 Å². The van der Waals surface area contributed by atoms with Crippen molar-refractivity contribution in [1.29, 1.82) is 0 Å². The number of amides is 2. The summed E-state index contributed by atoms with van der Waals surface area (Å²) in [6, 6.07) is 15.1. The number of hydrogen-bond donors (Lipinski definition) is 2. The molecule has 0 spiro atoms. The molecule has 0 bridgehead atoms. The number of carbonyl (C=O) groups excluding carboxylic acids is 2. The number of hydrogen-bond acceptors (Lipinski definition) is 2. The molecule has 0 unspecified atom stereocenters. The Labute approximate surface area is 135 Å². The highest BCUT2D eigenvalue weighted by atomic mass is 16.2. The number of nitrogens with one attached hydrogen (secondary N) is 1. The van der Waals surface area contributed by atoms with Gasteiger partial charge in [0.25, 0.3) is 0 Å². The van der Waals surface area contributed by atoms with E-state index in [9.17, 15) is 9.59 Å². The standard InChI is InChI=1S/C19H20N2O2/c1-11(2)17(18(20)22)21-19(23)16-14-9-5-3-7-12(14)13-8-4-6-10-15(13)16/h3-11,16-17H,1-2H3,(H2,20,22)(H,21,23)/t17-/m0/s1. The maximum atomic E-state index is 12.9. The van der Waals surface area contributed by atoms with E-state index in [4.69, 9.17) is 5.73 Å². The molecule has 2 amide bonds. The third-order valence-electron chi connectivity index (χ3n) is 4.37. The van der Waals surface area contributed by atoms with Gasteiger partial charge in [0.05, 0.1) is 5.92 Å². The van der Waals surface area contributed by atoms with Gasteiger partial charge < -0.3 is 11.1 Å². The normalized spacial score (nSPS) is 14.2. The summed E-state index contributed by atoms with van der Waals surface area (Å²) in [5.41, 5.74) is 9.51. The fourth-order valence-corrected chi connectivity index (χ4v) is 3.24. The highest BCUT2D eigenvalue weighted by Gasteiger charge is 2.35. The smallest absolute Gasteiger partial charge is 0.240 e. The Morgan fingerprint density at radius 2 is 1.43 bits per heavy atom. The van der Waals surface area contributed by atoms with E-state index in [1.165, 1.54) is 0 Å². The fourth-order valence-electron chi connectivity index (χ4n) is 3.24. The predicted octanol–water partition coefficient (Wildman–Crippen LogP) is 2.42. The van der Waals surface area contributed by atoms with Crippen LogP contribution < -0.4 is 11.1 Å². The van der Waals surface area contributed by atoms with Crippen molar-refractivity contribution in [2.24, 2.45) is 11.7 Å². The van der Waals surface area contributed by atoms with Crippen LogP contribution in [0.1, 0.15) is 30.9 Å². The predicted molar refractivity (Wildman–Crippen MR) is 89.7 cm³/mol. The zero-order valence-corrected chi connectivity index (χ0v) is 13.2. The van der Waals surface area contributed by atoms with Crippen LogP contribution in [0.5, 0.6) is 0 Å². The van der Waals surface area contributed by atoms with Crippen molar-refractivity contribution in [2.75, 3.05) is 0 Å². The molecule has 0 heterocycles. The molecule has 4 heteroatoms. The van der Waals surface area contributed by atoms with Gasteiger partial charge in [-0.25, -0.2) is 0 Å². The number of fused-ring (bicyclic) bond motifs is 3. The van der Waals surface area contributed by atoms with E-state index in [1.807, 2.05) is 62.4 Å². The topological polar surface area (TPSA) is 72.2 Å². The number of benzene rings is 2. The summed E-state index contributed by atoms with van der Waals surface area (Å²) in [4.78, 5) is 24.5. The lowest BCUT2D eigenvalue weighted by atomic mass is 9.94. The molecular formula is C19H20N2O2. The van der Waals surface area contributed by atoms with Gasteiger partial charge in [-0.15, -0.1) is 0 Å². The van der Waals surface area contributed by atoms with Crippen molar-refractivity contribution < 1.29 is 9.59 Å². The van der Waals surface area contributed by atoms with Crippen LogP contribution >= 0.6 is 0 Å². The molecule has 0 saturated heterocycles. The summed E-state index contributed by atoms with van der Waals surface area (Å²) in [6.07, 6.45) is 0. The maximum Gasteiger partial charge on any atom is 0.240 e. The molecule has 3 rings (SSSR count). The van der Waals surface area contributed by atoms with Crippen molar-refractivity contribution in [3.8, 4) is 11.1 Å². The van der Waals surface area contributed by atoms with Crippen LogP contribution in [-0.2, 0) is 9.59 Å². The summed E-state index contributed by atoms with van der Waals surface area (Å²) in [5.74, 6) is -1.14. The van der Waals surface area contributed by atoms with Crippen molar-refractivity contribution in [3.63, 3.8) is 0 Å². The van der Waals surface area contributed by atoms with Crippen LogP contribution in [0.4, 0.5) is 0 Å². The molecule has 0 fully saturated rings. The largest absolute Gasteiger partial charge is 0.368 e. The third-order valence-corrected chi connectivity index (χ3v) is 4.37. The van der Waals surface area contributed by atoms with Gasteiger partial charge in [0.1, 0.15) is 6.04 Å². The van der Waals surface area contributed by atoms with Gasteiger partial charge in [-0.05, 0) is 28.2 Å². The summed E-state index contributed by atoms with van der Waals surface area (Å²) in [6.45, 7) is 3.73. The molecule has 0 aliphatic heterocycles. The molecule has 1 aliphatic carbocycles. The van der Waals surface area contributed by atoms with Gasteiger partial charge in [0, 0.05) is 0 Å². The molecule has 1 atom stereocenters. The van der Waals surface area contributed by atoms with Gasteiger partial charge in [-0.2, -0.15) is 0 Å². The number of primary amides is 1. The highest BCUT2D eigenvalue weighted by Crippen LogP contribution is 2.44. The lowest BCUT2D eigenvalue weighted by molar-refractivity contribution is -0.128. The Morgan fingerprint density at radius 1 is 0.957 bits per heavy atom. The Kier molecular flexibility index (Phi) is 3.90. The summed E-state index contributed by atoms with van der Waals surface area (Å²) >= 11 is 0. The Hall–Kier alpha value is -2.62. The lowest BCUT2D eigenvalue weighted by Crippen LogP contribution is -2.49. The summed E-state index contributed by atoms with van der Waals surface area (Å²) < 4.78 is 0. The van der Waals surface area contributed by atoms with Gasteiger partial charge in [-0.1, -0.05) is 62.4 Å². The second-order valence-electron chi connectivity index (χ2n) is 6.24. The summed E-state index contributed by atoms with van der Waals surface area (Å²) in [5, 5.41) is 2.83. The number of carbonyl (C=O) groups is 2. The zero-order valence-electron chi connectivity index (χ0n) is 13.2. The minimum Gasteiger partial charge on any atom is -0.368 e. The minimum absolute atomic E-state index is 0.0525. The molecule has 23 heavy (non-hydrogen) atoms. The first kappa shape index (κ1) is 15.3. The van der Waals surface area contributed by atoms with Crippen LogP contribution in [0.3, 0.4) is 0 Å². The first-order valence-electron chi connectivity index (χ1n) is 7.78. The molecule has 0 aromatic heterocycles. The van der Waals surface area contributed by atoms with E-state index in [0.29, 0.717) is 0 Å². The van der Waals surface area contributed by atoms with Crippen LogP contribution in [0.15, 0.2) is 48.5 Å². The average molecular weight is 308 g/mol. The molecule has 0 saturated carbocycles. The minimum atomic E-state index is -0.664. The van der Waals surface area contributed by atoms with Crippen molar-refractivity contribution in [3.05, 3.63) is 59.7 Å². The molecular weight excluding hydrogens is 288 g/mol. The second-order valence-corrected chi connectivity index (χ2v) is 6.24. The van der Waals surface area contributed by atoms with Crippen molar-refractivity contribution in [1.82, 2.24) is 5.32 Å². The van der Waals surface area contributed by atoms with Crippen LogP contribution in [0.25, 0.3) is 11.1 Å². The fraction of sp³-hybridized carbons (Fsp3) is 0.263. The number of nitrogens with two attached hydrogens (primary N) is 1. The van der Waals surface area contributed by atoms with Crippen molar-refractivity contribution in [2.45, 2.75) is 25.8 Å². The molecule has 2 aromatic rings. The van der Waals surface area contributed by atoms with Crippen LogP contribution in [-0.4, -0.2) is 17.9 Å². The molecule has 0 radical (unpaired) electrons. The van der Waals surface area contributed by atoms with Gasteiger partial charge in [0.15, 0.2) is 0 Å². The molecule has 2 aromatic carbocycles. The second kappa shape index (κ2) is 5.88. The average Bonchev–Trinajstić information content (AvgIpc) is 2.86. The Bertz CT molecular complexity index is 722. The monoisotopic (exact) mass is 308 g/mol. The van der Waals surface area contributed by atoms with E-state index < -0.39 is 17.9 Å². The van der Waals surface area contributed by atoms with E-state index >= 15 is 0 Å². The Balaban J connectivity index is 1.99. The van der Waals surface area contributed by atoms with Crippen molar-refractivity contribution >= 4 is 11.8 Å². The van der Waals surface area contributed by atoms with Crippen LogP contribution in [0.2, 0.25) is 0 Å². The quantitative estimate of drug-likeness (QED) is 0.910. The third kappa shape index (κ3) is 2.61. The highest BCUT2D eigenvalue weighted by molar-refractivity contribution is 5.98. The molecule has 1 aliphatic rings. The number of rotatable bonds is 4. The summed E-state index contributed by atoms with van der Waals surface area (Å²) in [7, 11) is 0. The van der Waals surface area contributed by atoms with E-state index in [-0.39, 0.29) is 11.8 Å². The van der Waals surface area contributed by atoms with E-state index in [2.05, 4.69) is 5.32 Å². The molecule has 4 nitrogen and oxygen atoms in total. The Morgan fingerprint density at radius 3 is 1.87 bits per heavy atom. The maximum absolute atomic E-state index is 12.9. The first-order valence-corrected chi connectivity index (χ1v) is 7.78. The van der Waals surface area contributed by atoms with E-state index in [1.54, 1.807) is 0 Å². The SMILES string of the molecule is CC(C)[C@H](NC(=O)C1c2ccccc2-c2ccccc21)C(N)=O. The lowest BCUT2D eigenvalue weighted by Gasteiger charge is -2.22. The van der Waals surface area contributed by atoms with Crippen LogP contribution in [0, 0.1) is 5.92 Å². The van der Waals surface area contributed by atoms with Gasteiger partial charge in [0.2, 0.25) is 11.8 Å². The molecule has 118 valence electrons. The first-order chi connectivity index (χ1) is 11.0. The zero-order chi connectivity index (χ0) is 16.6. The van der Waals surface area contributed by atoms with Gasteiger partial charge >= 0.3 is 0 Å². The van der Waals surface area contributed by atoms with E-state index in [0.717, 1.165) is 22.3 Å².